The summed E-state index contributed by atoms with van der Waals surface area (Å²) in [6, 6.07) is 5.94. The summed E-state index contributed by atoms with van der Waals surface area (Å²) < 4.78 is 11.3. The molecule has 1 N–H and O–H groups in total. The van der Waals surface area contributed by atoms with Crippen LogP contribution in [0.2, 0.25) is 0 Å². The molecule has 0 atom stereocenters. The van der Waals surface area contributed by atoms with E-state index in [1.807, 2.05) is 39.0 Å². The van der Waals surface area contributed by atoms with Crippen LogP contribution in [0.25, 0.3) is 10.2 Å². The Bertz CT molecular complexity index is 1090. The van der Waals surface area contributed by atoms with Crippen molar-refractivity contribution in [2.75, 3.05) is 37.7 Å². The van der Waals surface area contributed by atoms with Gasteiger partial charge in [0.05, 0.1) is 23.5 Å². The first-order valence-corrected chi connectivity index (χ1v) is 12.1. The number of nitrogens with zero attached hydrogens (tertiary/aromatic N) is 3. The summed E-state index contributed by atoms with van der Waals surface area (Å²) in [6.07, 6.45) is 4.67. The number of aromatic nitrogens is 2. The number of nitrogens with one attached hydrogen (secondary N) is 1. The molecule has 32 heavy (non-hydrogen) atoms. The molecule has 1 aliphatic heterocycles. The summed E-state index contributed by atoms with van der Waals surface area (Å²) in [5.74, 6) is 2.39. The molecular weight excluding hydrogens is 424 g/mol. The lowest BCUT2D eigenvalue weighted by molar-refractivity contribution is 0.0957. The van der Waals surface area contributed by atoms with E-state index in [2.05, 4.69) is 20.2 Å². The zero-order valence-electron chi connectivity index (χ0n) is 18.9. The Labute approximate surface area is 192 Å². The number of amides is 1. The van der Waals surface area contributed by atoms with Crippen molar-refractivity contribution in [1.29, 1.82) is 0 Å². The van der Waals surface area contributed by atoms with Crippen molar-refractivity contribution in [2.24, 2.45) is 0 Å². The quantitative estimate of drug-likeness (QED) is 0.517. The van der Waals surface area contributed by atoms with Gasteiger partial charge in [-0.2, -0.15) is 0 Å². The van der Waals surface area contributed by atoms with Gasteiger partial charge in [0.2, 0.25) is 0 Å². The Morgan fingerprint density at radius 3 is 2.62 bits per heavy atom. The lowest BCUT2D eigenvalue weighted by Gasteiger charge is -2.17. The molecule has 2 aromatic heterocycles. The summed E-state index contributed by atoms with van der Waals surface area (Å²) in [4.78, 5) is 25.8. The molecule has 4 rings (SSSR count). The topological polar surface area (TPSA) is 76.6 Å². The van der Waals surface area contributed by atoms with Gasteiger partial charge in [-0.3, -0.25) is 4.79 Å². The highest BCUT2D eigenvalue weighted by molar-refractivity contribution is 7.20. The molecule has 0 radical (unpaired) electrons. The van der Waals surface area contributed by atoms with Gasteiger partial charge in [0.1, 0.15) is 17.0 Å². The number of aryl methyl sites for hydroxylation is 1. The molecule has 8 heteroatoms. The second-order valence-corrected chi connectivity index (χ2v) is 8.78. The molecule has 170 valence electrons. The lowest BCUT2D eigenvalue weighted by Crippen LogP contribution is -2.25. The molecular formula is C24H30N4O3S. The number of rotatable bonds is 9. The minimum atomic E-state index is -0.0613. The maximum absolute atomic E-state index is 13.0. The fourth-order valence-corrected chi connectivity index (χ4v) is 5.15. The number of fused-ring (bicyclic) bond motifs is 1. The van der Waals surface area contributed by atoms with Crippen molar-refractivity contribution in [1.82, 2.24) is 15.3 Å². The Morgan fingerprint density at radius 1 is 1.12 bits per heavy atom. The number of hydrogen-bond donors (Lipinski definition) is 1. The predicted molar refractivity (Wildman–Crippen MR) is 128 cm³/mol. The molecule has 0 saturated carbocycles. The summed E-state index contributed by atoms with van der Waals surface area (Å²) in [6.45, 7) is 9.63. The fraction of sp³-hybridized carbons (Fsp3) is 0.458. The maximum Gasteiger partial charge on any atom is 0.261 e. The summed E-state index contributed by atoms with van der Waals surface area (Å²) in [7, 11) is 0. The van der Waals surface area contributed by atoms with Crippen LogP contribution in [0.15, 0.2) is 24.5 Å². The molecule has 1 aliphatic rings. The predicted octanol–water partition coefficient (Wildman–Crippen LogP) is 4.37. The minimum absolute atomic E-state index is 0.0613. The monoisotopic (exact) mass is 454 g/mol. The van der Waals surface area contributed by atoms with Gasteiger partial charge in [-0.15, -0.1) is 11.3 Å². The highest BCUT2D eigenvalue weighted by Crippen LogP contribution is 2.36. The Balaban J connectivity index is 1.45. The van der Waals surface area contributed by atoms with Crippen LogP contribution in [-0.2, 0) is 6.42 Å². The molecule has 1 aromatic carbocycles. The molecule has 3 heterocycles. The molecule has 1 amide bonds. The van der Waals surface area contributed by atoms with E-state index in [1.165, 1.54) is 24.2 Å². The van der Waals surface area contributed by atoms with E-state index in [-0.39, 0.29) is 5.91 Å². The molecule has 0 unspecified atom stereocenters. The largest absolute Gasteiger partial charge is 0.490 e. The van der Waals surface area contributed by atoms with Crippen LogP contribution >= 0.6 is 11.3 Å². The van der Waals surface area contributed by atoms with Gasteiger partial charge in [0.25, 0.3) is 5.91 Å². The van der Waals surface area contributed by atoms with Crippen LogP contribution in [0.3, 0.4) is 0 Å². The number of carbonyl (C=O) groups is 1. The normalized spacial score (nSPS) is 13.5. The molecule has 0 aliphatic carbocycles. The lowest BCUT2D eigenvalue weighted by atomic mass is 10.1. The standard InChI is InChI=1S/C24H30N4O3S/c1-4-30-18-9-8-17(14-19(18)31-5-2)10-11-25-23(29)21-16(3)20-22(28-12-6-7-13-28)26-15-27-24(20)32-21/h8-9,14-15H,4-7,10-13H2,1-3H3,(H,25,29). The zero-order chi connectivity index (χ0) is 22.5. The van der Waals surface area contributed by atoms with E-state index in [0.29, 0.717) is 31.1 Å². The van der Waals surface area contributed by atoms with E-state index in [9.17, 15) is 4.79 Å². The number of benzene rings is 1. The average Bonchev–Trinajstić information content (AvgIpc) is 3.44. The highest BCUT2D eigenvalue weighted by atomic mass is 32.1. The van der Waals surface area contributed by atoms with Crippen molar-refractivity contribution in [3.8, 4) is 11.5 Å². The first kappa shape index (κ1) is 22.3. The Kier molecular flexibility index (Phi) is 7.09. The molecule has 1 saturated heterocycles. The molecule has 0 spiro atoms. The van der Waals surface area contributed by atoms with E-state index in [1.54, 1.807) is 6.33 Å². The molecule has 0 bridgehead atoms. The van der Waals surface area contributed by atoms with Crippen molar-refractivity contribution in [3.63, 3.8) is 0 Å². The maximum atomic E-state index is 13.0. The van der Waals surface area contributed by atoms with Gasteiger partial charge in [-0.05, 0) is 63.3 Å². The van der Waals surface area contributed by atoms with E-state index < -0.39 is 0 Å². The van der Waals surface area contributed by atoms with Crippen LogP contribution in [-0.4, -0.2) is 48.7 Å². The third-order valence-corrected chi connectivity index (χ3v) is 6.82. The van der Waals surface area contributed by atoms with E-state index in [0.717, 1.165) is 51.7 Å². The average molecular weight is 455 g/mol. The van der Waals surface area contributed by atoms with Gasteiger partial charge in [-0.25, -0.2) is 9.97 Å². The van der Waals surface area contributed by atoms with Crippen LogP contribution in [0.5, 0.6) is 11.5 Å². The number of ether oxygens (including phenoxy) is 2. The summed E-state index contributed by atoms with van der Waals surface area (Å²) >= 11 is 1.44. The number of carbonyl (C=O) groups excluding carboxylic acids is 1. The second kappa shape index (κ2) is 10.2. The van der Waals surface area contributed by atoms with E-state index >= 15 is 0 Å². The fourth-order valence-electron chi connectivity index (χ4n) is 4.09. The van der Waals surface area contributed by atoms with Gasteiger partial charge < -0.3 is 19.7 Å². The van der Waals surface area contributed by atoms with Crippen LogP contribution < -0.4 is 19.7 Å². The Hall–Kier alpha value is -2.87. The van der Waals surface area contributed by atoms with Crippen LogP contribution in [0.1, 0.15) is 47.5 Å². The number of hydrogen-bond acceptors (Lipinski definition) is 7. The summed E-state index contributed by atoms with van der Waals surface area (Å²) in [5.41, 5.74) is 2.05. The highest BCUT2D eigenvalue weighted by Gasteiger charge is 2.23. The van der Waals surface area contributed by atoms with Gasteiger partial charge in [0.15, 0.2) is 11.5 Å². The second-order valence-electron chi connectivity index (χ2n) is 7.78. The third kappa shape index (κ3) is 4.65. The van der Waals surface area contributed by atoms with E-state index in [4.69, 9.17) is 9.47 Å². The first-order chi connectivity index (χ1) is 15.6. The zero-order valence-corrected chi connectivity index (χ0v) is 19.8. The van der Waals surface area contributed by atoms with Crippen molar-refractivity contribution in [3.05, 3.63) is 40.5 Å². The minimum Gasteiger partial charge on any atom is -0.490 e. The number of anilines is 1. The van der Waals surface area contributed by atoms with Crippen molar-refractivity contribution < 1.29 is 14.3 Å². The van der Waals surface area contributed by atoms with Crippen molar-refractivity contribution in [2.45, 2.75) is 40.0 Å². The SMILES string of the molecule is CCOc1ccc(CCNC(=O)c2sc3ncnc(N4CCCC4)c3c2C)cc1OCC. The third-order valence-electron chi connectivity index (χ3n) is 5.63. The van der Waals surface area contributed by atoms with Crippen LogP contribution in [0.4, 0.5) is 5.82 Å². The van der Waals surface area contributed by atoms with Crippen molar-refractivity contribution >= 4 is 33.3 Å². The number of thiophene rings is 1. The van der Waals surface area contributed by atoms with Gasteiger partial charge in [-0.1, -0.05) is 6.07 Å². The van der Waals surface area contributed by atoms with Crippen LogP contribution in [0, 0.1) is 6.92 Å². The van der Waals surface area contributed by atoms with Gasteiger partial charge >= 0.3 is 0 Å². The smallest absolute Gasteiger partial charge is 0.261 e. The summed E-state index contributed by atoms with van der Waals surface area (Å²) in [5, 5.41) is 4.08. The molecule has 1 fully saturated rings. The van der Waals surface area contributed by atoms with Gasteiger partial charge in [0, 0.05) is 19.6 Å². The Morgan fingerprint density at radius 2 is 1.88 bits per heavy atom. The first-order valence-electron chi connectivity index (χ1n) is 11.3. The molecule has 3 aromatic rings. The molecule has 7 nitrogen and oxygen atoms in total.